The van der Waals surface area contributed by atoms with Gasteiger partial charge >= 0.3 is 0 Å². The van der Waals surface area contributed by atoms with Crippen LogP contribution < -0.4 is 11.1 Å². The molecule has 2 aliphatic carbocycles. The van der Waals surface area contributed by atoms with Gasteiger partial charge < -0.3 is 11.1 Å². The van der Waals surface area contributed by atoms with E-state index >= 15 is 0 Å². The molecule has 1 amide bonds. The minimum absolute atomic E-state index is 0.242. The van der Waals surface area contributed by atoms with Crippen LogP contribution in [0.25, 0.3) is 0 Å². The second kappa shape index (κ2) is 4.30. The molecule has 14 heavy (non-hydrogen) atoms. The number of rotatable bonds is 3. The Balaban J connectivity index is 1.69. The van der Waals surface area contributed by atoms with Crippen molar-refractivity contribution in [2.45, 2.75) is 57.0 Å². The quantitative estimate of drug-likeness (QED) is 0.712. The van der Waals surface area contributed by atoms with Crippen LogP contribution in [0.5, 0.6) is 0 Å². The van der Waals surface area contributed by atoms with Crippen LogP contribution in [0.15, 0.2) is 0 Å². The van der Waals surface area contributed by atoms with E-state index in [1.165, 1.54) is 12.8 Å². The van der Waals surface area contributed by atoms with Crippen molar-refractivity contribution < 1.29 is 4.79 Å². The van der Waals surface area contributed by atoms with Crippen molar-refractivity contribution in [1.82, 2.24) is 5.32 Å². The van der Waals surface area contributed by atoms with Crippen LogP contribution in [0.3, 0.4) is 0 Å². The lowest BCUT2D eigenvalue weighted by molar-refractivity contribution is -0.122. The minimum Gasteiger partial charge on any atom is -0.353 e. The number of amides is 1. The van der Waals surface area contributed by atoms with Gasteiger partial charge in [-0.2, -0.15) is 0 Å². The summed E-state index contributed by atoms with van der Waals surface area (Å²) in [7, 11) is 0. The number of carbonyl (C=O) groups is 1. The van der Waals surface area contributed by atoms with Crippen molar-refractivity contribution in [2.24, 2.45) is 11.7 Å². The molecule has 0 aromatic carbocycles. The first-order chi connectivity index (χ1) is 6.74. The van der Waals surface area contributed by atoms with Crippen molar-refractivity contribution >= 4 is 5.91 Å². The van der Waals surface area contributed by atoms with Gasteiger partial charge in [-0.1, -0.05) is 0 Å². The summed E-state index contributed by atoms with van der Waals surface area (Å²) in [4.78, 5) is 11.5. The topological polar surface area (TPSA) is 55.1 Å². The standard InChI is InChI=1S/C11H20N2O/c12-9-2-1-3-10(7-9)13-11(14)6-8-4-5-8/h8-10H,1-7,12H2,(H,13,14). The molecule has 0 saturated heterocycles. The average molecular weight is 196 g/mol. The summed E-state index contributed by atoms with van der Waals surface area (Å²) in [5.74, 6) is 0.930. The predicted molar refractivity (Wildman–Crippen MR) is 55.7 cm³/mol. The van der Waals surface area contributed by atoms with Gasteiger partial charge in [-0.05, 0) is 44.4 Å². The zero-order valence-corrected chi connectivity index (χ0v) is 8.67. The van der Waals surface area contributed by atoms with Gasteiger partial charge in [0.2, 0.25) is 5.91 Å². The third kappa shape index (κ3) is 2.98. The molecule has 2 saturated carbocycles. The van der Waals surface area contributed by atoms with E-state index in [0.29, 0.717) is 18.0 Å². The Morgan fingerprint density at radius 2 is 2.07 bits per heavy atom. The van der Waals surface area contributed by atoms with E-state index in [-0.39, 0.29) is 5.91 Å². The summed E-state index contributed by atoms with van der Waals surface area (Å²) in [6.07, 6.45) is 7.60. The lowest BCUT2D eigenvalue weighted by Gasteiger charge is -2.27. The van der Waals surface area contributed by atoms with Gasteiger partial charge in [0.25, 0.3) is 0 Å². The van der Waals surface area contributed by atoms with E-state index in [1.807, 2.05) is 0 Å². The van der Waals surface area contributed by atoms with Crippen molar-refractivity contribution in [1.29, 1.82) is 0 Å². The van der Waals surface area contributed by atoms with Crippen LogP contribution >= 0.6 is 0 Å². The lowest BCUT2D eigenvalue weighted by atomic mass is 9.91. The molecule has 0 aromatic rings. The molecule has 2 rings (SSSR count). The summed E-state index contributed by atoms with van der Waals surface area (Å²) in [5.41, 5.74) is 5.86. The Bertz CT molecular complexity index is 213. The molecule has 0 spiro atoms. The van der Waals surface area contributed by atoms with Crippen LogP contribution in [0.2, 0.25) is 0 Å². The molecule has 0 aromatic heterocycles. The van der Waals surface area contributed by atoms with Gasteiger partial charge in [-0.25, -0.2) is 0 Å². The van der Waals surface area contributed by atoms with E-state index in [1.54, 1.807) is 0 Å². The van der Waals surface area contributed by atoms with Crippen molar-refractivity contribution in [3.05, 3.63) is 0 Å². The Labute approximate surface area is 85.4 Å². The smallest absolute Gasteiger partial charge is 0.220 e. The number of hydrogen-bond acceptors (Lipinski definition) is 2. The molecular formula is C11H20N2O. The maximum atomic E-state index is 11.5. The molecular weight excluding hydrogens is 176 g/mol. The highest BCUT2D eigenvalue weighted by molar-refractivity contribution is 5.76. The van der Waals surface area contributed by atoms with E-state index in [4.69, 9.17) is 5.73 Å². The summed E-state index contributed by atoms with van der Waals surface area (Å²) >= 11 is 0. The Hall–Kier alpha value is -0.570. The SMILES string of the molecule is NC1CCCC(NC(=O)CC2CC2)C1. The van der Waals surface area contributed by atoms with E-state index in [2.05, 4.69) is 5.32 Å². The first-order valence-corrected chi connectivity index (χ1v) is 5.79. The van der Waals surface area contributed by atoms with Crippen molar-refractivity contribution in [2.75, 3.05) is 0 Å². The van der Waals surface area contributed by atoms with Crippen LogP contribution in [-0.2, 0) is 4.79 Å². The maximum absolute atomic E-state index is 11.5. The summed E-state index contributed by atoms with van der Waals surface area (Å²) in [6, 6.07) is 0.653. The fraction of sp³-hybridized carbons (Fsp3) is 0.909. The Morgan fingerprint density at radius 3 is 2.71 bits per heavy atom. The lowest BCUT2D eigenvalue weighted by Crippen LogP contribution is -2.42. The molecule has 3 N–H and O–H groups in total. The molecule has 0 bridgehead atoms. The highest BCUT2D eigenvalue weighted by atomic mass is 16.1. The average Bonchev–Trinajstić information content (AvgIpc) is 2.87. The third-order valence-corrected chi connectivity index (χ3v) is 3.25. The van der Waals surface area contributed by atoms with Gasteiger partial charge in [0, 0.05) is 18.5 Å². The van der Waals surface area contributed by atoms with Crippen LogP contribution in [0, 0.1) is 5.92 Å². The number of nitrogens with two attached hydrogens (primary N) is 1. The maximum Gasteiger partial charge on any atom is 0.220 e. The van der Waals surface area contributed by atoms with E-state index in [0.717, 1.165) is 32.1 Å². The molecule has 0 radical (unpaired) electrons. The minimum atomic E-state index is 0.242. The van der Waals surface area contributed by atoms with Gasteiger partial charge in [0.05, 0.1) is 0 Å². The normalized spacial score (nSPS) is 32.6. The zero-order chi connectivity index (χ0) is 9.97. The first kappa shape index (κ1) is 9.97. The number of carbonyl (C=O) groups excluding carboxylic acids is 1. The molecule has 3 heteroatoms. The van der Waals surface area contributed by atoms with Crippen LogP contribution in [0.4, 0.5) is 0 Å². The van der Waals surface area contributed by atoms with E-state index < -0.39 is 0 Å². The van der Waals surface area contributed by atoms with Gasteiger partial charge in [-0.15, -0.1) is 0 Å². The van der Waals surface area contributed by atoms with Crippen LogP contribution in [0.1, 0.15) is 44.9 Å². The molecule has 0 aliphatic heterocycles. The molecule has 2 atom stereocenters. The summed E-state index contributed by atoms with van der Waals surface area (Å²) in [5, 5.41) is 3.10. The summed E-state index contributed by atoms with van der Waals surface area (Å²) in [6.45, 7) is 0. The molecule has 0 heterocycles. The largest absolute Gasteiger partial charge is 0.353 e. The van der Waals surface area contributed by atoms with Crippen LogP contribution in [-0.4, -0.2) is 18.0 Å². The predicted octanol–water partition coefficient (Wildman–Crippen LogP) is 1.17. The highest BCUT2D eigenvalue weighted by Crippen LogP contribution is 2.32. The van der Waals surface area contributed by atoms with Crippen molar-refractivity contribution in [3.63, 3.8) is 0 Å². The molecule has 2 unspecified atom stereocenters. The second-order valence-electron chi connectivity index (χ2n) is 4.84. The zero-order valence-electron chi connectivity index (χ0n) is 8.67. The molecule has 80 valence electrons. The van der Waals surface area contributed by atoms with Gasteiger partial charge in [0.15, 0.2) is 0 Å². The fourth-order valence-corrected chi connectivity index (χ4v) is 2.23. The van der Waals surface area contributed by atoms with E-state index in [9.17, 15) is 4.79 Å². The fourth-order valence-electron chi connectivity index (χ4n) is 2.23. The molecule has 3 nitrogen and oxygen atoms in total. The number of nitrogens with one attached hydrogen (secondary N) is 1. The van der Waals surface area contributed by atoms with Crippen molar-refractivity contribution in [3.8, 4) is 0 Å². The third-order valence-electron chi connectivity index (χ3n) is 3.25. The summed E-state index contributed by atoms with van der Waals surface area (Å²) < 4.78 is 0. The monoisotopic (exact) mass is 196 g/mol. The Kier molecular flexibility index (Phi) is 3.06. The molecule has 2 fully saturated rings. The second-order valence-corrected chi connectivity index (χ2v) is 4.84. The number of hydrogen-bond donors (Lipinski definition) is 2. The first-order valence-electron chi connectivity index (χ1n) is 5.79. The Morgan fingerprint density at radius 1 is 1.29 bits per heavy atom. The van der Waals surface area contributed by atoms with Gasteiger partial charge in [-0.3, -0.25) is 4.79 Å². The molecule has 2 aliphatic rings. The van der Waals surface area contributed by atoms with Gasteiger partial charge in [0.1, 0.15) is 0 Å². The highest BCUT2D eigenvalue weighted by Gasteiger charge is 2.26.